The molecule has 0 unspecified atom stereocenters. The molecule has 1 aromatic rings. The first-order valence-corrected chi connectivity index (χ1v) is 7.46. The summed E-state index contributed by atoms with van der Waals surface area (Å²) in [6.07, 6.45) is -0.521. The van der Waals surface area contributed by atoms with Gasteiger partial charge in [-0.05, 0) is 23.6 Å². The molecule has 120 valence electrons. The second-order valence-electron chi connectivity index (χ2n) is 6.64. The molecule has 0 heterocycles. The predicted octanol–water partition coefficient (Wildman–Crippen LogP) is 2.73. The third kappa shape index (κ3) is 5.94. The minimum Gasteiger partial charge on any atom is -0.496 e. The van der Waals surface area contributed by atoms with Crippen LogP contribution in [-0.4, -0.2) is 37.5 Å². The van der Waals surface area contributed by atoms with Gasteiger partial charge in [-0.25, -0.2) is 0 Å². The smallest absolute Gasteiger partial charge is 0.122 e. The summed E-state index contributed by atoms with van der Waals surface area (Å²) < 4.78 is 11.1. The highest BCUT2D eigenvalue weighted by Gasteiger charge is 2.19. The molecule has 4 heteroatoms. The molecule has 0 saturated heterocycles. The average molecular weight is 295 g/mol. The van der Waals surface area contributed by atoms with Crippen molar-refractivity contribution in [1.82, 2.24) is 5.32 Å². The lowest BCUT2D eigenvalue weighted by Crippen LogP contribution is -2.35. The molecular weight excluding hydrogens is 266 g/mol. The van der Waals surface area contributed by atoms with E-state index in [2.05, 4.69) is 26.1 Å². The largest absolute Gasteiger partial charge is 0.496 e. The molecule has 0 spiro atoms. The summed E-state index contributed by atoms with van der Waals surface area (Å²) >= 11 is 0. The van der Waals surface area contributed by atoms with E-state index in [-0.39, 0.29) is 12.0 Å². The molecule has 1 aromatic carbocycles. The van der Waals surface area contributed by atoms with Crippen LogP contribution in [0, 0.1) is 0 Å². The molecule has 0 aromatic heterocycles. The van der Waals surface area contributed by atoms with Gasteiger partial charge in [-0.2, -0.15) is 0 Å². The zero-order valence-corrected chi connectivity index (χ0v) is 14.1. The second kappa shape index (κ2) is 7.66. The predicted molar refractivity (Wildman–Crippen MR) is 86.3 cm³/mol. The third-order valence-electron chi connectivity index (χ3n) is 3.18. The van der Waals surface area contributed by atoms with E-state index >= 15 is 0 Å². The number of methoxy groups -OCH3 is 1. The Hall–Kier alpha value is -1.26. The van der Waals surface area contributed by atoms with Crippen LogP contribution in [0.25, 0.3) is 0 Å². The molecule has 0 amide bonds. The van der Waals surface area contributed by atoms with Crippen LogP contribution in [0.3, 0.4) is 0 Å². The maximum absolute atomic E-state index is 9.88. The molecule has 0 fully saturated rings. The van der Waals surface area contributed by atoms with Gasteiger partial charge in [-0.15, -0.1) is 0 Å². The van der Waals surface area contributed by atoms with Gasteiger partial charge in [0.2, 0.25) is 0 Å². The van der Waals surface area contributed by atoms with Crippen LogP contribution < -0.4 is 14.8 Å². The molecule has 2 N–H and O–H groups in total. The highest BCUT2D eigenvalue weighted by atomic mass is 16.5. The van der Waals surface area contributed by atoms with Gasteiger partial charge in [0.15, 0.2) is 0 Å². The van der Waals surface area contributed by atoms with E-state index in [0.29, 0.717) is 12.6 Å². The van der Waals surface area contributed by atoms with Crippen molar-refractivity contribution >= 4 is 0 Å². The van der Waals surface area contributed by atoms with E-state index in [9.17, 15) is 5.11 Å². The lowest BCUT2D eigenvalue weighted by Gasteiger charge is -2.23. The summed E-state index contributed by atoms with van der Waals surface area (Å²) in [5.41, 5.74) is 1.07. The minimum absolute atomic E-state index is 0.0253. The number of nitrogens with one attached hydrogen (secondary N) is 1. The molecule has 0 aliphatic heterocycles. The van der Waals surface area contributed by atoms with Crippen molar-refractivity contribution in [2.75, 3.05) is 20.3 Å². The highest BCUT2D eigenvalue weighted by Crippen LogP contribution is 2.34. The van der Waals surface area contributed by atoms with Crippen LogP contribution in [-0.2, 0) is 5.41 Å². The van der Waals surface area contributed by atoms with E-state index in [0.717, 1.165) is 17.1 Å². The van der Waals surface area contributed by atoms with Gasteiger partial charge in [-0.1, -0.05) is 34.6 Å². The van der Waals surface area contributed by atoms with Gasteiger partial charge in [0.05, 0.1) is 7.11 Å². The zero-order chi connectivity index (χ0) is 16.0. The van der Waals surface area contributed by atoms with Crippen molar-refractivity contribution in [2.45, 2.75) is 52.2 Å². The van der Waals surface area contributed by atoms with Crippen molar-refractivity contribution < 1.29 is 14.6 Å². The van der Waals surface area contributed by atoms with E-state index in [4.69, 9.17) is 9.47 Å². The van der Waals surface area contributed by atoms with Gasteiger partial charge in [0.25, 0.3) is 0 Å². The number of benzene rings is 1. The lowest BCUT2D eigenvalue weighted by molar-refractivity contribution is 0.104. The average Bonchev–Trinajstić information content (AvgIpc) is 2.41. The summed E-state index contributed by atoms with van der Waals surface area (Å²) in [5.74, 6) is 1.61. The Morgan fingerprint density at radius 1 is 1.24 bits per heavy atom. The number of rotatable bonds is 7. The number of ether oxygens (including phenoxy) is 2. The Morgan fingerprint density at radius 3 is 2.43 bits per heavy atom. The Morgan fingerprint density at radius 2 is 1.90 bits per heavy atom. The topological polar surface area (TPSA) is 50.7 Å². The van der Waals surface area contributed by atoms with Crippen molar-refractivity contribution in [2.24, 2.45) is 0 Å². The van der Waals surface area contributed by atoms with Gasteiger partial charge in [0, 0.05) is 18.2 Å². The summed E-state index contributed by atoms with van der Waals surface area (Å²) in [7, 11) is 1.67. The van der Waals surface area contributed by atoms with Gasteiger partial charge in [0.1, 0.15) is 24.2 Å². The fourth-order valence-electron chi connectivity index (χ4n) is 1.99. The highest BCUT2D eigenvalue weighted by molar-refractivity contribution is 5.44. The van der Waals surface area contributed by atoms with Crippen molar-refractivity contribution in [1.29, 1.82) is 0 Å². The molecule has 0 aliphatic carbocycles. The van der Waals surface area contributed by atoms with Gasteiger partial charge < -0.3 is 19.9 Å². The Balaban J connectivity index is 2.68. The molecule has 0 radical (unpaired) electrons. The summed E-state index contributed by atoms with van der Waals surface area (Å²) in [6.45, 7) is 11.3. The Kier molecular flexibility index (Phi) is 6.49. The SMILES string of the molecule is COc1ccc(OC[C@@H](O)CNC(C)C)cc1C(C)(C)C. The van der Waals surface area contributed by atoms with E-state index in [1.54, 1.807) is 7.11 Å². The molecular formula is C17H29NO3. The minimum atomic E-state index is -0.521. The Labute approximate surface area is 128 Å². The van der Waals surface area contributed by atoms with Crippen LogP contribution in [0.5, 0.6) is 11.5 Å². The monoisotopic (exact) mass is 295 g/mol. The van der Waals surface area contributed by atoms with E-state index < -0.39 is 6.10 Å². The van der Waals surface area contributed by atoms with E-state index in [1.807, 2.05) is 32.0 Å². The van der Waals surface area contributed by atoms with Crippen LogP contribution >= 0.6 is 0 Å². The van der Waals surface area contributed by atoms with Gasteiger partial charge in [-0.3, -0.25) is 0 Å². The molecule has 21 heavy (non-hydrogen) atoms. The first kappa shape index (κ1) is 17.8. The summed E-state index contributed by atoms with van der Waals surface area (Å²) in [4.78, 5) is 0. The first-order chi connectivity index (χ1) is 9.74. The van der Waals surface area contributed by atoms with Crippen LogP contribution in [0.4, 0.5) is 0 Å². The fraction of sp³-hybridized carbons (Fsp3) is 0.647. The molecule has 1 rings (SSSR count). The van der Waals surface area contributed by atoms with Crippen molar-refractivity contribution in [3.8, 4) is 11.5 Å². The summed E-state index contributed by atoms with van der Waals surface area (Å²) in [6, 6.07) is 6.13. The van der Waals surface area contributed by atoms with Gasteiger partial charge >= 0.3 is 0 Å². The standard InChI is InChI=1S/C17H29NO3/c1-12(2)18-10-13(19)11-21-14-7-8-16(20-6)15(9-14)17(3,4)5/h7-9,12-13,18-19H,10-11H2,1-6H3/t13-/m0/s1. The van der Waals surface area contributed by atoms with E-state index in [1.165, 1.54) is 0 Å². The normalized spacial score (nSPS) is 13.3. The van der Waals surface area contributed by atoms with Crippen LogP contribution in [0.15, 0.2) is 18.2 Å². The quantitative estimate of drug-likeness (QED) is 0.812. The maximum Gasteiger partial charge on any atom is 0.122 e. The fourth-order valence-corrected chi connectivity index (χ4v) is 1.99. The lowest BCUT2D eigenvalue weighted by atomic mass is 9.86. The third-order valence-corrected chi connectivity index (χ3v) is 3.18. The second-order valence-corrected chi connectivity index (χ2v) is 6.64. The maximum atomic E-state index is 9.88. The molecule has 4 nitrogen and oxygen atoms in total. The molecule has 0 aliphatic rings. The zero-order valence-electron chi connectivity index (χ0n) is 14.1. The number of hydrogen-bond donors (Lipinski definition) is 2. The molecule has 1 atom stereocenters. The van der Waals surface area contributed by atoms with Crippen molar-refractivity contribution in [3.05, 3.63) is 23.8 Å². The number of hydrogen-bond acceptors (Lipinski definition) is 4. The number of aliphatic hydroxyl groups is 1. The molecule has 0 bridgehead atoms. The molecule has 0 saturated carbocycles. The summed E-state index contributed by atoms with van der Waals surface area (Å²) in [5, 5.41) is 13.1. The van der Waals surface area contributed by atoms with Crippen LogP contribution in [0.1, 0.15) is 40.2 Å². The van der Waals surface area contributed by atoms with Crippen molar-refractivity contribution in [3.63, 3.8) is 0 Å². The number of aliphatic hydroxyl groups excluding tert-OH is 1. The first-order valence-electron chi connectivity index (χ1n) is 7.46. The van der Waals surface area contributed by atoms with Crippen LogP contribution in [0.2, 0.25) is 0 Å². The Bertz CT molecular complexity index is 438.